The van der Waals surface area contributed by atoms with Gasteiger partial charge in [-0.25, -0.2) is 8.42 Å². The van der Waals surface area contributed by atoms with E-state index in [-0.39, 0.29) is 0 Å². The van der Waals surface area contributed by atoms with Crippen LogP contribution in [0.2, 0.25) is 0 Å². The van der Waals surface area contributed by atoms with Gasteiger partial charge < -0.3 is 5.32 Å². The van der Waals surface area contributed by atoms with Crippen LogP contribution in [0.1, 0.15) is 20.9 Å². The molecular weight excluding hydrogens is 304 g/mol. The van der Waals surface area contributed by atoms with E-state index in [4.69, 9.17) is 0 Å². The summed E-state index contributed by atoms with van der Waals surface area (Å²) < 4.78 is 28.0. The Hall–Kier alpha value is -1.37. The van der Waals surface area contributed by atoms with Gasteiger partial charge in [0.2, 0.25) is 0 Å². The van der Waals surface area contributed by atoms with E-state index in [1.165, 1.54) is 16.9 Å². The number of hydrogen-bond donors (Lipinski definition) is 2. The molecule has 0 saturated carbocycles. The molecule has 1 aliphatic rings. The van der Waals surface area contributed by atoms with Crippen LogP contribution in [-0.4, -0.2) is 15.0 Å². The summed E-state index contributed by atoms with van der Waals surface area (Å²) in [5.74, 6) is 0. The molecule has 2 heterocycles. The highest BCUT2D eigenvalue weighted by Crippen LogP contribution is 2.29. The highest BCUT2D eigenvalue weighted by Gasteiger charge is 2.21. The zero-order valence-electron chi connectivity index (χ0n) is 12.1. The SMILES string of the molecule is Cc1cc(S(=O)(=O)Nc2cccc3c2CCNC3)c(C)s1. The number of hydrogen-bond acceptors (Lipinski definition) is 4. The van der Waals surface area contributed by atoms with E-state index < -0.39 is 10.0 Å². The van der Waals surface area contributed by atoms with E-state index in [0.717, 1.165) is 34.8 Å². The Bertz CT molecular complexity index is 779. The van der Waals surface area contributed by atoms with Crippen molar-refractivity contribution in [2.75, 3.05) is 11.3 Å². The van der Waals surface area contributed by atoms with Crippen molar-refractivity contribution in [1.82, 2.24) is 5.32 Å². The van der Waals surface area contributed by atoms with Crippen molar-refractivity contribution in [3.8, 4) is 0 Å². The van der Waals surface area contributed by atoms with Crippen LogP contribution in [0.5, 0.6) is 0 Å². The van der Waals surface area contributed by atoms with Crippen molar-refractivity contribution in [2.24, 2.45) is 0 Å². The normalized spacial score (nSPS) is 14.8. The fourth-order valence-corrected chi connectivity index (χ4v) is 5.35. The molecule has 0 radical (unpaired) electrons. The lowest BCUT2D eigenvalue weighted by molar-refractivity contribution is 0.600. The minimum absolute atomic E-state index is 0.386. The van der Waals surface area contributed by atoms with Gasteiger partial charge in [-0.2, -0.15) is 0 Å². The number of rotatable bonds is 3. The van der Waals surface area contributed by atoms with Crippen molar-refractivity contribution < 1.29 is 8.42 Å². The van der Waals surface area contributed by atoms with Gasteiger partial charge in [-0.3, -0.25) is 4.72 Å². The molecule has 21 heavy (non-hydrogen) atoms. The zero-order valence-corrected chi connectivity index (χ0v) is 13.7. The molecule has 3 rings (SSSR count). The predicted molar refractivity (Wildman–Crippen MR) is 86.5 cm³/mol. The Labute approximate surface area is 129 Å². The molecule has 1 aromatic carbocycles. The van der Waals surface area contributed by atoms with Crippen LogP contribution in [0.3, 0.4) is 0 Å². The number of anilines is 1. The van der Waals surface area contributed by atoms with Gasteiger partial charge in [0.05, 0.1) is 5.69 Å². The van der Waals surface area contributed by atoms with Crippen LogP contribution < -0.4 is 10.0 Å². The molecular formula is C15H18N2O2S2. The fraction of sp³-hybridized carbons (Fsp3) is 0.333. The highest BCUT2D eigenvalue weighted by molar-refractivity contribution is 7.93. The van der Waals surface area contributed by atoms with E-state index in [2.05, 4.69) is 10.0 Å². The molecule has 1 aromatic heterocycles. The second-order valence-electron chi connectivity index (χ2n) is 5.25. The maximum absolute atomic E-state index is 12.6. The van der Waals surface area contributed by atoms with Gasteiger partial charge in [-0.1, -0.05) is 12.1 Å². The summed E-state index contributed by atoms with van der Waals surface area (Å²) >= 11 is 1.51. The fourth-order valence-electron chi connectivity index (χ4n) is 2.70. The van der Waals surface area contributed by atoms with Gasteiger partial charge in [0.1, 0.15) is 4.90 Å². The number of aryl methyl sites for hydroxylation is 2. The van der Waals surface area contributed by atoms with E-state index in [0.29, 0.717) is 10.6 Å². The Kier molecular flexibility index (Phi) is 3.77. The zero-order chi connectivity index (χ0) is 15.0. The Morgan fingerprint density at radius 3 is 2.81 bits per heavy atom. The lowest BCUT2D eigenvalue weighted by atomic mass is 9.99. The molecule has 0 saturated heterocycles. The molecule has 0 atom stereocenters. The largest absolute Gasteiger partial charge is 0.312 e. The summed E-state index contributed by atoms with van der Waals surface area (Å²) in [5, 5.41) is 3.30. The molecule has 112 valence electrons. The van der Waals surface area contributed by atoms with Gasteiger partial charge in [-0.15, -0.1) is 11.3 Å². The predicted octanol–water partition coefficient (Wildman–Crippen LogP) is 2.81. The van der Waals surface area contributed by atoms with Gasteiger partial charge in [0, 0.05) is 16.3 Å². The summed E-state index contributed by atoms with van der Waals surface area (Å²) in [6.07, 6.45) is 0.843. The van der Waals surface area contributed by atoms with Crippen LogP contribution in [-0.2, 0) is 23.0 Å². The van der Waals surface area contributed by atoms with E-state index in [9.17, 15) is 8.42 Å². The Balaban J connectivity index is 1.98. The number of sulfonamides is 1. The summed E-state index contributed by atoms with van der Waals surface area (Å²) in [4.78, 5) is 2.22. The molecule has 2 N–H and O–H groups in total. The lowest BCUT2D eigenvalue weighted by Crippen LogP contribution is -2.25. The first kappa shape index (κ1) is 14.6. The van der Waals surface area contributed by atoms with Crippen molar-refractivity contribution in [3.05, 3.63) is 45.1 Å². The Morgan fingerprint density at radius 2 is 2.10 bits per heavy atom. The Morgan fingerprint density at radius 1 is 1.29 bits per heavy atom. The van der Waals surface area contributed by atoms with Crippen molar-refractivity contribution in [2.45, 2.75) is 31.7 Å². The molecule has 0 aliphatic carbocycles. The molecule has 0 unspecified atom stereocenters. The molecule has 0 fully saturated rings. The molecule has 0 spiro atoms. The smallest absolute Gasteiger partial charge is 0.263 e. The summed E-state index contributed by atoms with van der Waals surface area (Å²) in [7, 11) is -3.52. The van der Waals surface area contributed by atoms with Crippen LogP contribution in [0, 0.1) is 13.8 Å². The first-order valence-corrected chi connectivity index (χ1v) is 9.19. The molecule has 2 aromatic rings. The minimum atomic E-state index is -3.52. The number of benzene rings is 1. The van der Waals surface area contributed by atoms with Crippen molar-refractivity contribution in [1.29, 1.82) is 0 Å². The van der Waals surface area contributed by atoms with Crippen LogP contribution >= 0.6 is 11.3 Å². The van der Waals surface area contributed by atoms with Crippen molar-refractivity contribution in [3.63, 3.8) is 0 Å². The number of fused-ring (bicyclic) bond motifs is 1. The van der Waals surface area contributed by atoms with Gasteiger partial charge in [0.15, 0.2) is 0 Å². The quantitative estimate of drug-likeness (QED) is 0.913. The molecule has 0 bridgehead atoms. The first-order chi connectivity index (χ1) is 9.97. The molecule has 6 heteroatoms. The highest BCUT2D eigenvalue weighted by atomic mass is 32.2. The topological polar surface area (TPSA) is 58.2 Å². The standard InChI is InChI=1S/C15H18N2O2S2/c1-10-8-15(11(2)20-10)21(18,19)17-14-5-3-4-12-9-16-7-6-13(12)14/h3-5,8,16-17H,6-7,9H2,1-2H3. The first-order valence-electron chi connectivity index (χ1n) is 6.89. The van der Waals surface area contributed by atoms with Crippen LogP contribution in [0.4, 0.5) is 5.69 Å². The average Bonchev–Trinajstić information content (AvgIpc) is 2.79. The van der Waals surface area contributed by atoms with Gasteiger partial charge in [-0.05, 0) is 50.1 Å². The van der Waals surface area contributed by atoms with E-state index >= 15 is 0 Å². The summed E-state index contributed by atoms with van der Waals surface area (Å²) in [5.41, 5.74) is 2.97. The summed E-state index contributed by atoms with van der Waals surface area (Å²) in [6, 6.07) is 7.52. The molecule has 0 amide bonds. The maximum atomic E-state index is 12.6. The molecule has 4 nitrogen and oxygen atoms in total. The third kappa shape index (κ3) is 2.84. The minimum Gasteiger partial charge on any atom is -0.312 e. The van der Waals surface area contributed by atoms with E-state index in [1.807, 2.05) is 32.0 Å². The number of nitrogens with one attached hydrogen (secondary N) is 2. The van der Waals surface area contributed by atoms with Crippen LogP contribution in [0.15, 0.2) is 29.2 Å². The lowest BCUT2D eigenvalue weighted by Gasteiger charge is -2.21. The second-order valence-corrected chi connectivity index (χ2v) is 8.36. The monoisotopic (exact) mass is 322 g/mol. The van der Waals surface area contributed by atoms with Gasteiger partial charge in [0.25, 0.3) is 10.0 Å². The average molecular weight is 322 g/mol. The third-order valence-corrected chi connectivity index (χ3v) is 6.26. The molecule has 1 aliphatic heterocycles. The third-order valence-electron chi connectivity index (χ3n) is 3.67. The second kappa shape index (κ2) is 5.44. The van der Waals surface area contributed by atoms with Crippen molar-refractivity contribution >= 4 is 27.0 Å². The summed E-state index contributed by atoms with van der Waals surface area (Å²) in [6.45, 7) is 5.44. The maximum Gasteiger partial charge on any atom is 0.263 e. The van der Waals surface area contributed by atoms with Crippen LogP contribution in [0.25, 0.3) is 0 Å². The number of thiophene rings is 1. The van der Waals surface area contributed by atoms with Gasteiger partial charge >= 0.3 is 0 Å². The van der Waals surface area contributed by atoms with E-state index in [1.54, 1.807) is 6.07 Å².